The van der Waals surface area contributed by atoms with E-state index in [4.69, 9.17) is 4.52 Å². The van der Waals surface area contributed by atoms with Crippen LogP contribution in [0.2, 0.25) is 0 Å². The molecule has 0 radical (unpaired) electrons. The molecule has 0 unspecified atom stereocenters. The van der Waals surface area contributed by atoms with E-state index < -0.39 is 10.0 Å². The minimum atomic E-state index is -3.40. The van der Waals surface area contributed by atoms with Gasteiger partial charge in [0.05, 0.1) is 9.77 Å². The lowest BCUT2D eigenvalue weighted by atomic mass is 10.2. The summed E-state index contributed by atoms with van der Waals surface area (Å²) in [6, 6.07) is 10.6. The molecule has 2 aromatic heterocycles. The molecular weight excluding hydrogens is 358 g/mol. The van der Waals surface area contributed by atoms with Gasteiger partial charge < -0.3 is 4.52 Å². The minimum absolute atomic E-state index is 0.302. The standard InChI is InChI=1S/C17H17N3O3S2/c1-12-4-9-15(24-12)17-18-16(19-23-17)13-5-7-14(8-6-13)25(21,22)20-10-2-3-11-20/h4-9H,2-3,10-11H2,1H3. The zero-order valence-corrected chi connectivity index (χ0v) is 15.3. The largest absolute Gasteiger partial charge is 0.333 e. The van der Waals surface area contributed by atoms with Crippen molar-refractivity contribution in [2.24, 2.45) is 0 Å². The maximum Gasteiger partial charge on any atom is 0.268 e. The summed E-state index contributed by atoms with van der Waals surface area (Å²) < 4.78 is 32.0. The van der Waals surface area contributed by atoms with E-state index in [1.807, 2.05) is 19.1 Å². The highest BCUT2D eigenvalue weighted by Gasteiger charge is 2.27. The number of aromatic nitrogens is 2. The van der Waals surface area contributed by atoms with Crippen LogP contribution < -0.4 is 0 Å². The Balaban J connectivity index is 1.59. The van der Waals surface area contributed by atoms with Crippen LogP contribution in [0, 0.1) is 6.92 Å². The third kappa shape index (κ3) is 3.12. The van der Waals surface area contributed by atoms with Crippen molar-refractivity contribution in [1.29, 1.82) is 0 Å². The van der Waals surface area contributed by atoms with E-state index in [2.05, 4.69) is 10.1 Å². The first-order valence-electron chi connectivity index (χ1n) is 8.05. The SMILES string of the molecule is Cc1ccc(-c2nc(-c3ccc(S(=O)(=O)N4CCCC4)cc3)no2)s1. The molecule has 0 atom stereocenters. The van der Waals surface area contributed by atoms with Gasteiger partial charge in [0.15, 0.2) is 0 Å². The van der Waals surface area contributed by atoms with E-state index in [0.29, 0.717) is 29.7 Å². The molecule has 3 aromatic rings. The first kappa shape index (κ1) is 16.4. The normalized spacial score (nSPS) is 15.7. The molecule has 0 spiro atoms. The van der Waals surface area contributed by atoms with Crippen molar-refractivity contribution in [1.82, 2.24) is 14.4 Å². The van der Waals surface area contributed by atoms with Crippen LogP contribution in [0.3, 0.4) is 0 Å². The second kappa shape index (κ2) is 6.36. The molecule has 0 bridgehead atoms. The molecule has 0 N–H and O–H groups in total. The summed E-state index contributed by atoms with van der Waals surface area (Å²) in [5.74, 6) is 0.924. The zero-order chi connectivity index (χ0) is 17.4. The number of rotatable bonds is 4. The topological polar surface area (TPSA) is 76.3 Å². The summed E-state index contributed by atoms with van der Waals surface area (Å²) in [5.41, 5.74) is 0.726. The molecule has 8 heteroatoms. The lowest BCUT2D eigenvalue weighted by Crippen LogP contribution is -2.27. The van der Waals surface area contributed by atoms with Gasteiger partial charge in [0.1, 0.15) is 0 Å². The molecule has 3 heterocycles. The molecule has 4 rings (SSSR count). The van der Waals surface area contributed by atoms with E-state index in [1.54, 1.807) is 35.6 Å². The fourth-order valence-corrected chi connectivity index (χ4v) is 5.15. The molecule has 0 amide bonds. The number of hydrogen-bond donors (Lipinski definition) is 0. The number of benzene rings is 1. The Labute approximate surface area is 150 Å². The maximum atomic E-state index is 12.6. The fraction of sp³-hybridized carbons (Fsp3) is 0.294. The monoisotopic (exact) mass is 375 g/mol. The van der Waals surface area contributed by atoms with Gasteiger partial charge in [0.25, 0.3) is 5.89 Å². The summed E-state index contributed by atoms with van der Waals surface area (Å²) in [5, 5.41) is 4.00. The van der Waals surface area contributed by atoms with Crippen LogP contribution in [0.25, 0.3) is 22.2 Å². The first-order valence-corrected chi connectivity index (χ1v) is 10.3. The smallest absolute Gasteiger partial charge is 0.268 e. The molecule has 1 aromatic carbocycles. The third-order valence-electron chi connectivity index (χ3n) is 4.19. The molecule has 1 aliphatic rings. The molecule has 25 heavy (non-hydrogen) atoms. The molecule has 1 saturated heterocycles. The molecule has 0 aliphatic carbocycles. The Morgan fingerprint density at radius 1 is 1.08 bits per heavy atom. The van der Waals surface area contributed by atoms with E-state index in [9.17, 15) is 8.42 Å². The highest BCUT2D eigenvalue weighted by atomic mass is 32.2. The zero-order valence-electron chi connectivity index (χ0n) is 13.7. The quantitative estimate of drug-likeness (QED) is 0.697. The number of sulfonamides is 1. The van der Waals surface area contributed by atoms with Crippen LogP contribution in [0.4, 0.5) is 0 Å². The summed E-state index contributed by atoms with van der Waals surface area (Å²) >= 11 is 1.59. The number of aryl methyl sites for hydroxylation is 1. The molecule has 1 aliphatic heterocycles. The van der Waals surface area contributed by atoms with Crippen molar-refractivity contribution in [3.63, 3.8) is 0 Å². The van der Waals surface area contributed by atoms with Gasteiger partial charge >= 0.3 is 0 Å². The second-order valence-electron chi connectivity index (χ2n) is 5.97. The van der Waals surface area contributed by atoms with Crippen molar-refractivity contribution < 1.29 is 12.9 Å². The van der Waals surface area contributed by atoms with Gasteiger partial charge in [0, 0.05) is 23.5 Å². The highest BCUT2D eigenvalue weighted by Crippen LogP contribution is 2.29. The van der Waals surface area contributed by atoms with Gasteiger partial charge in [-0.15, -0.1) is 11.3 Å². The first-order chi connectivity index (χ1) is 12.0. The molecule has 130 valence electrons. The van der Waals surface area contributed by atoms with Gasteiger partial charge in [0.2, 0.25) is 15.8 Å². The van der Waals surface area contributed by atoms with Crippen molar-refractivity contribution in [3.8, 4) is 22.2 Å². The lowest BCUT2D eigenvalue weighted by Gasteiger charge is -2.15. The van der Waals surface area contributed by atoms with Crippen LogP contribution in [-0.2, 0) is 10.0 Å². The van der Waals surface area contributed by atoms with Crippen LogP contribution in [-0.4, -0.2) is 36.0 Å². The van der Waals surface area contributed by atoms with E-state index in [-0.39, 0.29) is 0 Å². The summed E-state index contributed by atoms with van der Waals surface area (Å²) in [6.07, 6.45) is 1.84. The van der Waals surface area contributed by atoms with Crippen molar-refractivity contribution in [2.45, 2.75) is 24.7 Å². The van der Waals surface area contributed by atoms with Gasteiger partial charge in [-0.2, -0.15) is 9.29 Å². The third-order valence-corrected chi connectivity index (χ3v) is 7.09. The Bertz CT molecular complexity index is 984. The van der Waals surface area contributed by atoms with E-state index in [0.717, 1.165) is 23.3 Å². The van der Waals surface area contributed by atoms with Crippen LogP contribution in [0.1, 0.15) is 17.7 Å². The van der Waals surface area contributed by atoms with Crippen LogP contribution in [0.5, 0.6) is 0 Å². The Kier molecular flexibility index (Phi) is 4.18. The molecular formula is C17H17N3O3S2. The summed E-state index contributed by atoms with van der Waals surface area (Å²) in [7, 11) is -3.40. The maximum absolute atomic E-state index is 12.6. The Hall–Kier alpha value is -2.03. The Morgan fingerprint density at radius 2 is 1.80 bits per heavy atom. The predicted octanol–water partition coefficient (Wildman–Crippen LogP) is 3.56. The average molecular weight is 375 g/mol. The van der Waals surface area contributed by atoms with Crippen LogP contribution >= 0.6 is 11.3 Å². The van der Waals surface area contributed by atoms with Crippen molar-refractivity contribution >= 4 is 21.4 Å². The van der Waals surface area contributed by atoms with Crippen molar-refractivity contribution in [3.05, 3.63) is 41.3 Å². The summed E-state index contributed by atoms with van der Waals surface area (Å²) in [4.78, 5) is 6.80. The second-order valence-corrected chi connectivity index (χ2v) is 9.19. The molecule has 6 nitrogen and oxygen atoms in total. The number of hydrogen-bond acceptors (Lipinski definition) is 6. The van der Waals surface area contributed by atoms with Gasteiger partial charge in [-0.25, -0.2) is 8.42 Å². The van der Waals surface area contributed by atoms with Crippen molar-refractivity contribution in [2.75, 3.05) is 13.1 Å². The summed E-state index contributed by atoms with van der Waals surface area (Å²) in [6.45, 7) is 3.21. The molecule has 1 fully saturated rings. The van der Waals surface area contributed by atoms with Crippen LogP contribution in [0.15, 0.2) is 45.8 Å². The van der Waals surface area contributed by atoms with E-state index in [1.165, 1.54) is 9.18 Å². The van der Waals surface area contributed by atoms with Gasteiger partial charge in [-0.3, -0.25) is 0 Å². The van der Waals surface area contributed by atoms with E-state index >= 15 is 0 Å². The predicted molar refractivity (Wildman–Crippen MR) is 95.8 cm³/mol. The molecule has 0 saturated carbocycles. The number of nitrogens with zero attached hydrogens (tertiary/aromatic N) is 3. The fourth-order valence-electron chi connectivity index (χ4n) is 2.84. The average Bonchev–Trinajstić information content (AvgIpc) is 3.36. The number of thiophene rings is 1. The van der Waals surface area contributed by atoms with Gasteiger partial charge in [-0.05, 0) is 56.2 Å². The van der Waals surface area contributed by atoms with Gasteiger partial charge in [-0.1, -0.05) is 5.16 Å². The lowest BCUT2D eigenvalue weighted by molar-refractivity contribution is 0.433. The highest BCUT2D eigenvalue weighted by molar-refractivity contribution is 7.89. The Morgan fingerprint density at radius 3 is 2.44 bits per heavy atom. The minimum Gasteiger partial charge on any atom is -0.333 e.